The van der Waals surface area contributed by atoms with Gasteiger partial charge in [0.15, 0.2) is 0 Å². The third kappa shape index (κ3) is 1.74. The Balaban J connectivity index is 0.000000845. The van der Waals surface area contributed by atoms with Crippen LogP contribution in [0.1, 0.15) is 33.1 Å². The number of hydrogen-bond donors (Lipinski definition) is 2. The molecule has 0 aromatic rings. The van der Waals surface area contributed by atoms with E-state index in [4.69, 9.17) is 4.74 Å². The molecule has 1 saturated heterocycles. The minimum Gasteiger partial charge on any atom is -0.393 e. The van der Waals surface area contributed by atoms with Gasteiger partial charge < -0.3 is 14.9 Å². The maximum absolute atomic E-state index is 10.1. The summed E-state index contributed by atoms with van der Waals surface area (Å²) in [5.74, 6) is 0. The van der Waals surface area contributed by atoms with Crippen molar-refractivity contribution in [3.8, 4) is 0 Å². The van der Waals surface area contributed by atoms with Gasteiger partial charge in [0.05, 0.1) is 17.8 Å². The van der Waals surface area contributed by atoms with Crippen molar-refractivity contribution >= 4 is 0 Å². The van der Waals surface area contributed by atoms with Gasteiger partial charge in [0.1, 0.15) is 5.60 Å². The summed E-state index contributed by atoms with van der Waals surface area (Å²) < 4.78 is 5.43. The maximum Gasteiger partial charge on any atom is 0.121 e. The molecule has 1 heterocycles. The van der Waals surface area contributed by atoms with Crippen LogP contribution in [0.4, 0.5) is 0 Å². The van der Waals surface area contributed by atoms with Crippen molar-refractivity contribution in [2.24, 2.45) is 0 Å². The second-order valence-electron chi connectivity index (χ2n) is 4.19. The van der Waals surface area contributed by atoms with E-state index in [0.717, 1.165) is 0 Å². The van der Waals surface area contributed by atoms with Crippen LogP contribution in [0.15, 0.2) is 0 Å². The molecule has 0 amide bonds. The van der Waals surface area contributed by atoms with Gasteiger partial charge in [0.2, 0.25) is 0 Å². The van der Waals surface area contributed by atoms with Crippen molar-refractivity contribution < 1.29 is 59.0 Å². The molecule has 0 aromatic heterocycles. The van der Waals surface area contributed by atoms with Crippen molar-refractivity contribution in [2.45, 2.75) is 56.5 Å². The molecule has 4 atom stereocenters. The van der Waals surface area contributed by atoms with Gasteiger partial charge in [0, 0.05) is 56.9 Å². The van der Waals surface area contributed by atoms with Gasteiger partial charge >= 0.3 is 0 Å². The zero-order valence-electron chi connectivity index (χ0n) is 8.16. The third-order valence-corrected chi connectivity index (χ3v) is 3.51. The van der Waals surface area contributed by atoms with E-state index in [-0.39, 0.29) is 55.8 Å². The van der Waals surface area contributed by atoms with Gasteiger partial charge in [-0.3, -0.25) is 0 Å². The van der Waals surface area contributed by atoms with Gasteiger partial charge in [0.25, 0.3) is 0 Å². The fraction of sp³-hybridized carbons (Fsp3) is 1.00. The minimum atomic E-state index is -0.810. The number of hydrogen-bond acceptors (Lipinski definition) is 3. The molecule has 0 bridgehead atoms. The minimum absolute atomic E-state index is 0. The molecule has 2 fully saturated rings. The van der Waals surface area contributed by atoms with Crippen molar-refractivity contribution in [2.75, 3.05) is 0 Å². The summed E-state index contributed by atoms with van der Waals surface area (Å²) in [5, 5.41) is 19.6. The second kappa shape index (κ2) is 3.72. The zero-order valence-corrected chi connectivity index (χ0v) is 12.9. The summed E-state index contributed by atoms with van der Waals surface area (Å²) in [7, 11) is 0. The van der Waals surface area contributed by atoms with E-state index in [0.29, 0.717) is 19.3 Å². The average Bonchev–Trinajstić information content (AvgIpc) is 2.62. The Labute approximate surface area is 114 Å². The summed E-state index contributed by atoms with van der Waals surface area (Å²) >= 11 is 0. The van der Waals surface area contributed by atoms with Crippen LogP contribution in [0, 0.1) is 44.1 Å². The van der Waals surface area contributed by atoms with Crippen molar-refractivity contribution in [1.82, 2.24) is 0 Å². The number of aliphatic hydroxyl groups is 2. The van der Waals surface area contributed by atoms with Crippen LogP contribution in [0.2, 0.25) is 0 Å². The molecule has 1 saturated carbocycles. The normalized spacial score (nSPS) is 53.5. The fourth-order valence-corrected chi connectivity index (χ4v) is 2.36. The van der Waals surface area contributed by atoms with Crippen molar-refractivity contribution in [3.05, 3.63) is 0 Å². The Morgan fingerprint density at radius 1 is 1.54 bits per heavy atom. The Morgan fingerprint density at radius 2 is 2.15 bits per heavy atom. The van der Waals surface area contributed by atoms with Gasteiger partial charge in [-0.2, -0.15) is 0 Å². The molecule has 2 N–H and O–H groups in total. The first kappa shape index (κ1) is 12.4. The van der Waals surface area contributed by atoms with Crippen LogP contribution < -0.4 is 0 Å². The van der Waals surface area contributed by atoms with E-state index in [1.165, 1.54) is 0 Å². The van der Waals surface area contributed by atoms with E-state index in [1.54, 1.807) is 0 Å². The molecule has 4 heteroatoms. The molecule has 3 nitrogen and oxygen atoms in total. The van der Waals surface area contributed by atoms with Crippen LogP contribution in [-0.2, 0) is 4.74 Å². The predicted octanol–water partition coefficient (Wildman–Crippen LogP) is 0.440. The van der Waals surface area contributed by atoms with Gasteiger partial charge in [-0.1, -0.05) is 6.92 Å². The smallest absolute Gasteiger partial charge is 0.121 e. The molecule has 0 aromatic carbocycles. The molecule has 1 aliphatic carbocycles. The number of epoxide rings is 1. The van der Waals surface area contributed by atoms with Crippen LogP contribution in [0.5, 0.6) is 0 Å². The maximum atomic E-state index is 10.1. The molecular weight excluding hydrogens is 383 g/mol. The number of ether oxygens (including phenoxy) is 1. The second-order valence-corrected chi connectivity index (χ2v) is 4.19. The summed E-state index contributed by atoms with van der Waals surface area (Å²) in [6, 6.07) is 0. The quantitative estimate of drug-likeness (QED) is 0.630. The van der Waals surface area contributed by atoms with E-state index in [1.807, 2.05) is 13.8 Å². The number of fused-ring (bicyclic) bond motifs is 1. The van der Waals surface area contributed by atoms with Crippen LogP contribution in [0.3, 0.4) is 0 Å². The molecule has 1 aliphatic heterocycles. The summed E-state index contributed by atoms with van der Waals surface area (Å²) in [4.78, 5) is 0. The Morgan fingerprint density at radius 3 is 2.69 bits per heavy atom. The molecular formula is C9H16AcO3. The summed E-state index contributed by atoms with van der Waals surface area (Å²) in [6.07, 6.45) is 1.47. The Hall–Kier alpha value is 1.32. The van der Waals surface area contributed by atoms with E-state index in [9.17, 15) is 10.2 Å². The number of aliphatic hydroxyl groups excluding tert-OH is 1. The van der Waals surface area contributed by atoms with E-state index < -0.39 is 11.7 Å². The summed E-state index contributed by atoms with van der Waals surface area (Å²) in [5.41, 5.74) is -1.18. The molecule has 2 rings (SSSR count). The van der Waals surface area contributed by atoms with Gasteiger partial charge in [-0.25, -0.2) is 0 Å². The molecule has 1 radical (unpaired) electrons. The molecule has 0 spiro atoms. The molecule has 2 unspecified atom stereocenters. The van der Waals surface area contributed by atoms with Gasteiger partial charge in [-0.15, -0.1) is 0 Å². The monoisotopic (exact) mass is 399 g/mol. The SMILES string of the molecule is CC[C@]1(O)CC(O)CC2O[C@]21C.[Ac]. The first-order valence-electron chi connectivity index (χ1n) is 4.60. The molecule has 2 aliphatic rings. The standard InChI is InChI=1S/C9H16O3.Ac/c1-3-9(11)5-6(10)4-7-8(9,2)12-7;/h6-7,10-11H,3-5H2,1-2H3;/t6?,7?,8-,9+;/m1./s1. The first-order chi connectivity index (χ1) is 5.52. The molecule has 73 valence electrons. The predicted molar refractivity (Wildman–Crippen MR) is 43.8 cm³/mol. The molecule has 13 heavy (non-hydrogen) atoms. The van der Waals surface area contributed by atoms with Crippen molar-refractivity contribution in [1.29, 1.82) is 0 Å². The number of rotatable bonds is 1. The first-order valence-corrected chi connectivity index (χ1v) is 4.60. The topological polar surface area (TPSA) is 53.0 Å². The van der Waals surface area contributed by atoms with Crippen molar-refractivity contribution in [3.63, 3.8) is 0 Å². The van der Waals surface area contributed by atoms with Gasteiger partial charge in [-0.05, 0) is 13.3 Å². The van der Waals surface area contributed by atoms with Crippen LogP contribution in [-0.4, -0.2) is 33.6 Å². The fourth-order valence-electron chi connectivity index (χ4n) is 2.36. The average molecular weight is 399 g/mol. The zero-order chi connectivity index (χ0) is 8.98. The van der Waals surface area contributed by atoms with Crippen LogP contribution in [0.25, 0.3) is 0 Å². The van der Waals surface area contributed by atoms with E-state index in [2.05, 4.69) is 0 Å². The van der Waals surface area contributed by atoms with E-state index >= 15 is 0 Å². The Bertz CT molecular complexity index is 211. The Kier molecular flexibility index (Phi) is 3.54. The van der Waals surface area contributed by atoms with Crippen LogP contribution >= 0.6 is 0 Å². The largest absolute Gasteiger partial charge is 0.393 e. The summed E-state index contributed by atoms with van der Waals surface area (Å²) in [6.45, 7) is 3.87. The third-order valence-electron chi connectivity index (χ3n) is 3.51.